The highest BCUT2D eigenvalue weighted by Crippen LogP contribution is 2.38. The zero-order valence-corrected chi connectivity index (χ0v) is 11.5. The quantitative estimate of drug-likeness (QED) is 0.659. The molecule has 4 nitrogen and oxygen atoms in total. The fourth-order valence-corrected chi connectivity index (χ4v) is 2.33. The van der Waals surface area contributed by atoms with Gasteiger partial charge in [-0.05, 0) is 12.8 Å². The van der Waals surface area contributed by atoms with Crippen molar-refractivity contribution in [1.82, 2.24) is 5.01 Å². The summed E-state index contributed by atoms with van der Waals surface area (Å²) in [6, 6.07) is 0. The minimum absolute atomic E-state index is 0.156. The van der Waals surface area contributed by atoms with Crippen LogP contribution in [-0.4, -0.2) is 43.8 Å². The van der Waals surface area contributed by atoms with Crippen LogP contribution >= 0.6 is 0 Å². The van der Waals surface area contributed by atoms with Crippen LogP contribution in [0.3, 0.4) is 0 Å². The summed E-state index contributed by atoms with van der Waals surface area (Å²) in [6.07, 6.45) is 3.85. The highest BCUT2D eigenvalue weighted by atomic mass is 16.7. The number of hydrogen-bond acceptors (Lipinski definition) is 4. The van der Waals surface area contributed by atoms with E-state index in [1.165, 1.54) is 5.71 Å². The highest BCUT2D eigenvalue weighted by Gasteiger charge is 2.42. The maximum Gasteiger partial charge on any atom is 0.169 e. The molecule has 1 saturated carbocycles. The van der Waals surface area contributed by atoms with Crippen molar-refractivity contribution in [3.05, 3.63) is 0 Å². The van der Waals surface area contributed by atoms with E-state index in [2.05, 4.69) is 18.9 Å². The van der Waals surface area contributed by atoms with E-state index in [-0.39, 0.29) is 11.2 Å². The predicted molar refractivity (Wildman–Crippen MR) is 68.0 cm³/mol. The smallest absolute Gasteiger partial charge is 0.169 e. The summed E-state index contributed by atoms with van der Waals surface area (Å²) in [5.74, 6) is -0.319. The van der Waals surface area contributed by atoms with Gasteiger partial charge in [-0.15, -0.1) is 0 Å². The van der Waals surface area contributed by atoms with Gasteiger partial charge in [0.25, 0.3) is 0 Å². The fraction of sp³-hybridized carbons (Fsp3) is 0.923. The molecule has 0 atom stereocenters. The molecule has 0 aromatic rings. The summed E-state index contributed by atoms with van der Waals surface area (Å²) in [6.45, 7) is 5.96. The number of ether oxygens (including phenoxy) is 2. The zero-order valence-electron chi connectivity index (χ0n) is 11.5. The Hall–Kier alpha value is -0.610. The molecule has 0 N–H and O–H groups in total. The Labute approximate surface area is 104 Å². The SMILES string of the molecule is CN(C)N=C1CCC2(CC1)OCC(C)(C)CO2. The summed E-state index contributed by atoms with van der Waals surface area (Å²) >= 11 is 0. The second-order valence-corrected chi connectivity index (χ2v) is 6.17. The van der Waals surface area contributed by atoms with Gasteiger partial charge < -0.3 is 14.5 Å². The molecule has 0 aromatic heterocycles. The van der Waals surface area contributed by atoms with Crippen molar-refractivity contribution in [1.29, 1.82) is 0 Å². The van der Waals surface area contributed by atoms with E-state index in [4.69, 9.17) is 9.47 Å². The van der Waals surface area contributed by atoms with Crippen LogP contribution in [0.5, 0.6) is 0 Å². The van der Waals surface area contributed by atoms with Crippen molar-refractivity contribution in [3.63, 3.8) is 0 Å². The largest absolute Gasteiger partial charge is 0.349 e. The molecule has 0 amide bonds. The summed E-state index contributed by atoms with van der Waals surface area (Å²) in [5, 5.41) is 6.36. The molecule has 0 unspecified atom stereocenters. The van der Waals surface area contributed by atoms with Gasteiger partial charge in [0.1, 0.15) is 0 Å². The molecule has 1 aliphatic carbocycles. The summed E-state index contributed by atoms with van der Waals surface area (Å²) in [4.78, 5) is 0. The number of nitrogens with zero attached hydrogens (tertiary/aromatic N) is 2. The van der Waals surface area contributed by atoms with Crippen molar-refractivity contribution < 1.29 is 9.47 Å². The lowest BCUT2D eigenvalue weighted by atomic mass is 9.88. The van der Waals surface area contributed by atoms with Gasteiger partial charge in [0.05, 0.1) is 13.2 Å². The molecule has 98 valence electrons. The molecule has 0 bridgehead atoms. The predicted octanol–water partition coefficient (Wildman–Crippen LogP) is 2.25. The first-order valence-electron chi connectivity index (χ1n) is 6.42. The lowest BCUT2D eigenvalue weighted by Crippen LogP contribution is -2.49. The summed E-state index contributed by atoms with van der Waals surface area (Å²) < 4.78 is 12.0. The van der Waals surface area contributed by atoms with Crippen LogP contribution in [0, 0.1) is 5.41 Å². The van der Waals surface area contributed by atoms with Gasteiger partial charge in [-0.3, -0.25) is 0 Å². The van der Waals surface area contributed by atoms with Crippen molar-refractivity contribution in [2.24, 2.45) is 10.5 Å². The average molecular weight is 240 g/mol. The molecule has 4 heteroatoms. The first-order chi connectivity index (χ1) is 7.91. The van der Waals surface area contributed by atoms with Crippen LogP contribution in [0.25, 0.3) is 0 Å². The molecular formula is C13H24N2O2. The lowest BCUT2D eigenvalue weighted by Gasteiger charge is -2.45. The Morgan fingerprint density at radius 1 is 1.06 bits per heavy atom. The second kappa shape index (κ2) is 4.58. The molecule has 0 radical (unpaired) electrons. The van der Waals surface area contributed by atoms with E-state index in [0.29, 0.717) is 0 Å². The van der Waals surface area contributed by atoms with Crippen molar-refractivity contribution in [2.75, 3.05) is 27.3 Å². The highest BCUT2D eigenvalue weighted by molar-refractivity contribution is 5.85. The molecule has 2 rings (SSSR count). The van der Waals surface area contributed by atoms with Crippen molar-refractivity contribution >= 4 is 5.71 Å². The fourth-order valence-electron chi connectivity index (χ4n) is 2.33. The van der Waals surface area contributed by atoms with Crippen LogP contribution in [0.4, 0.5) is 0 Å². The van der Waals surface area contributed by atoms with E-state index < -0.39 is 0 Å². The van der Waals surface area contributed by atoms with Gasteiger partial charge in [-0.2, -0.15) is 5.10 Å². The number of hydrazone groups is 1. The van der Waals surface area contributed by atoms with Gasteiger partial charge in [0, 0.05) is 38.1 Å². The van der Waals surface area contributed by atoms with Gasteiger partial charge in [-0.25, -0.2) is 0 Å². The number of rotatable bonds is 1. The van der Waals surface area contributed by atoms with Crippen LogP contribution < -0.4 is 0 Å². The first-order valence-corrected chi connectivity index (χ1v) is 6.42. The molecule has 17 heavy (non-hydrogen) atoms. The topological polar surface area (TPSA) is 34.1 Å². The Morgan fingerprint density at radius 2 is 1.59 bits per heavy atom. The normalized spacial score (nSPS) is 26.9. The number of hydrogen-bond donors (Lipinski definition) is 0. The van der Waals surface area contributed by atoms with Gasteiger partial charge in [0.2, 0.25) is 0 Å². The Bertz CT molecular complexity index is 289. The molecule has 1 saturated heterocycles. The first kappa shape index (κ1) is 12.8. The lowest BCUT2D eigenvalue weighted by molar-refractivity contribution is -0.305. The third-order valence-corrected chi connectivity index (χ3v) is 3.38. The van der Waals surface area contributed by atoms with E-state index >= 15 is 0 Å². The third-order valence-electron chi connectivity index (χ3n) is 3.38. The molecule has 1 heterocycles. The van der Waals surface area contributed by atoms with Crippen LogP contribution in [0.15, 0.2) is 5.10 Å². The molecule has 2 fully saturated rings. The van der Waals surface area contributed by atoms with Crippen LogP contribution in [-0.2, 0) is 9.47 Å². The molecule has 0 aromatic carbocycles. The maximum absolute atomic E-state index is 5.98. The third kappa shape index (κ3) is 3.19. The Balaban J connectivity index is 1.91. The molecule has 1 spiro atoms. The van der Waals surface area contributed by atoms with Gasteiger partial charge in [-0.1, -0.05) is 13.8 Å². The second-order valence-electron chi connectivity index (χ2n) is 6.17. The van der Waals surface area contributed by atoms with Crippen LogP contribution in [0.2, 0.25) is 0 Å². The van der Waals surface area contributed by atoms with Crippen molar-refractivity contribution in [3.8, 4) is 0 Å². The van der Waals surface area contributed by atoms with Crippen molar-refractivity contribution in [2.45, 2.75) is 45.3 Å². The average Bonchev–Trinajstić information content (AvgIpc) is 2.26. The van der Waals surface area contributed by atoms with E-state index in [1.807, 2.05) is 19.1 Å². The zero-order chi connectivity index (χ0) is 12.5. The molecule has 1 aliphatic heterocycles. The van der Waals surface area contributed by atoms with E-state index in [0.717, 1.165) is 38.9 Å². The van der Waals surface area contributed by atoms with Crippen LogP contribution in [0.1, 0.15) is 39.5 Å². The molecule has 2 aliphatic rings. The molecular weight excluding hydrogens is 216 g/mol. The van der Waals surface area contributed by atoms with Gasteiger partial charge in [0.15, 0.2) is 5.79 Å². The standard InChI is InChI=1S/C13H24N2O2/c1-12(2)9-16-13(17-10-12)7-5-11(6-8-13)14-15(3)4/h5-10H2,1-4H3. The summed E-state index contributed by atoms with van der Waals surface area (Å²) in [7, 11) is 3.93. The maximum atomic E-state index is 5.98. The summed E-state index contributed by atoms with van der Waals surface area (Å²) in [5.41, 5.74) is 1.42. The van der Waals surface area contributed by atoms with E-state index in [9.17, 15) is 0 Å². The van der Waals surface area contributed by atoms with E-state index in [1.54, 1.807) is 0 Å². The Morgan fingerprint density at radius 3 is 2.06 bits per heavy atom. The minimum atomic E-state index is -0.319. The monoisotopic (exact) mass is 240 g/mol. The minimum Gasteiger partial charge on any atom is -0.349 e. The Kier molecular flexibility index (Phi) is 3.46. The van der Waals surface area contributed by atoms with Gasteiger partial charge >= 0.3 is 0 Å².